The Morgan fingerprint density at radius 1 is 0.179 bits per heavy atom. The summed E-state index contributed by atoms with van der Waals surface area (Å²) in [6.45, 7) is 0. The molecule has 0 fully saturated rings. The lowest BCUT2D eigenvalue weighted by Crippen LogP contribution is -1.97. The minimum absolute atomic E-state index is 0.619. The molecular weight excluding hydrogens is 1020 g/mol. The Morgan fingerprint density at radius 3 is 1.08 bits per heavy atom. The molecule has 390 valence electrons. The molecule has 2 heterocycles. The van der Waals surface area contributed by atoms with Gasteiger partial charge in [-0.15, -0.1) is 0 Å². The quantitative estimate of drug-likeness (QED) is 0.135. The zero-order chi connectivity index (χ0) is 55.5. The van der Waals surface area contributed by atoms with Gasteiger partial charge in [0.15, 0.2) is 17.5 Å². The molecule has 0 aliphatic rings. The largest absolute Gasteiger partial charge is 0.237 e. The van der Waals surface area contributed by atoms with Gasteiger partial charge in [-0.05, 0) is 151 Å². The van der Waals surface area contributed by atoms with E-state index in [-0.39, 0.29) is 0 Å². The molecule has 16 aromatic rings. The summed E-state index contributed by atoms with van der Waals surface area (Å²) in [6, 6.07) is 102. The average molecular weight is 1070 g/mol. The normalized spacial score (nSPS) is 11.6. The summed E-state index contributed by atoms with van der Waals surface area (Å²) in [5, 5.41) is 15.0. The van der Waals surface area contributed by atoms with Gasteiger partial charge in [-0.2, -0.15) is 0 Å². The summed E-state index contributed by atoms with van der Waals surface area (Å²) in [6.07, 6.45) is 3.48. The van der Waals surface area contributed by atoms with Gasteiger partial charge in [-0.25, -0.2) is 24.9 Å². The highest BCUT2D eigenvalue weighted by molar-refractivity contribution is 6.27. The summed E-state index contributed by atoms with van der Waals surface area (Å²) in [7, 11) is 0. The van der Waals surface area contributed by atoms with Crippen LogP contribution in [-0.2, 0) is 0 Å². The lowest BCUT2D eigenvalue weighted by Gasteiger charge is -2.14. The molecule has 84 heavy (non-hydrogen) atoms. The van der Waals surface area contributed by atoms with Gasteiger partial charge < -0.3 is 0 Å². The second-order valence-electron chi connectivity index (χ2n) is 21.5. The van der Waals surface area contributed by atoms with E-state index in [9.17, 15) is 0 Å². The number of hydrogen-bond donors (Lipinski definition) is 0. The third-order valence-corrected chi connectivity index (χ3v) is 16.7. The number of fused-ring (bicyclic) bond motifs is 12. The fourth-order valence-electron chi connectivity index (χ4n) is 12.6. The number of benzene rings is 14. The van der Waals surface area contributed by atoms with Crippen molar-refractivity contribution in [2.75, 3.05) is 0 Å². The van der Waals surface area contributed by atoms with E-state index >= 15 is 0 Å². The summed E-state index contributed by atoms with van der Waals surface area (Å²) in [5.74, 6) is 1.96. The van der Waals surface area contributed by atoms with Crippen LogP contribution in [0, 0.1) is 0 Å². The number of hydrogen-bond acceptors (Lipinski definition) is 5. The second-order valence-corrected chi connectivity index (χ2v) is 21.5. The van der Waals surface area contributed by atoms with Gasteiger partial charge in [0.25, 0.3) is 0 Å². The third-order valence-electron chi connectivity index (χ3n) is 16.7. The molecule has 0 radical (unpaired) electrons. The number of aromatic nitrogens is 5. The van der Waals surface area contributed by atoms with E-state index in [0.717, 1.165) is 78.0 Å². The highest BCUT2D eigenvalue weighted by Gasteiger charge is 2.17. The smallest absolute Gasteiger partial charge is 0.163 e. The molecule has 0 unspecified atom stereocenters. The minimum atomic E-state index is 0.619. The molecule has 0 amide bonds. The van der Waals surface area contributed by atoms with Crippen LogP contribution in [0.15, 0.2) is 298 Å². The molecule has 5 heteroatoms. The monoisotopic (exact) mass is 1070 g/mol. The van der Waals surface area contributed by atoms with E-state index in [1.165, 1.54) is 70.2 Å². The van der Waals surface area contributed by atoms with Crippen molar-refractivity contribution < 1.29 is 0 Å². The predicted octanol–water partition coefficient (Wildman–Crippen LogP) is 20.6. The van der Waals surface area contributed by atoms with Crippen molar-refractivity contribution in [2.24, 2.45) is 0 Å². The summed E-state index contributed by atoms with van der Waals surface area (Å²) >= 11 is 0. The fraction of sp³-hybridized carbons (Fsp3) is 0. The van der Waals surface area contributed by atoms with Gasteiger partial charge in [0, 0.05) is 28.5 Å². The molecule has 0 saturated carbocycles. The summed E-state index contributed by atoms with van der Waals surface area (Å²) in [5.41, 5.74) is 16.1. The minimum Gasteiger partial charge on any atom is -0.237 e. The lowest BCUT2D eigenvalue weighted by molar-refractivity contribution is 1.07. The maximum atomic E-state index is 5.15. The average Bonchev–Trinajstić information content (AvgIpc) is 1.95. The van der Waals surface area contributed by atoms with Crippen molar-refractivity contribution in [3.8, 4) is 101 Å². The molecule has 5 nitrogen and oxygen atoms in total. The first-order valence-corrected chi connectivity index (χ1v) is 28.4. The molecule has 16 rings (SSSR count). The van der Waals surface area contributed by atoms with Crippen LogP contribution in [-0.4, -0.2) is 24.9 Å². The first kappa shape index (κ1) is 48.6. The Morgan fingerprint density at radius 2 is 0.536 bits per heavy atom. The Balaban J connectivity index is 0.695. The standard InChI is InChI=1S/C79H49N5/c1-2-15-54(16-3-1)77-80-44-43-76(83-77)71-27-12-4-19-60(71)52-33-29-50(30-34-52)57-38-42-70-74(47-57)67-26-11-9-24-65(67)69-41-39-58(48-75(69)70)55-17-14-18-59(45-55)78-81-49-82-79(84-78)72-28-13-5-20-61(72)53-35-31-51(32-36-53)56-37-40-68-64-23-7-6-21-62(64)63-22-8-10-25-66(63)73(68)46-56/h1-49H. The van der Waals surface area contributed by atoms with Gasteiger partial charge >= 0.3 is 0 Å². The zero-order valence-electron chi connectivity index (χ0n) is 45.5. The van der Waals surface area contributed by atoms with Crippen molar-refractivity contribution in [3.05, 3.63) is 298 Å². The first-order valence-electron chi connectivity index (χ1n) is 28.4. The van der Waals surface area contributed by atoms with Crippen LogP contribution in [0.5, 0.6) is 0 Å². The van der Waals surface area contributed by atoms with Crippen molar-refractivity contribution in [2.45, 2.75) is 0 Å². The van der Waals surface area contributed by atoms with Gasteiger partial charge in [0.2, 0.25) is 0 Å². The maximum absolute atomic E-state index is 5.15. The Labute approximate surface area is 485 Å². The van der Waals surface area contributed by atoms with Crippen molar-refractivity contribution in [3.63, 3.8) is 0 Å². The summed E-state index contributed by atoms with van der Waals surface area (Å²) in [4.78, 5) is 24.3. The molecule has 0 spiro atoms. The van der Waals surface area contributed by atoms with Crippen LogP contribution in [0.2, 0.25) is 0 Å². The van der Waals surface area contributed by atoms with Crippen molar-refractivity contribution >= 4 is 64.6 Å². The maximum Gasteiger partial charge on any atom is 0.163 e. The molecule has 0 atom stereocenters. The summed E-state index contributed by atoms with van der Waals surface area (Å²) < 4.78 is 0. The highest BCUT2D eigenvalue weighted by Crippen LogP contribution is 2.42. The molecule has 0 bridgehead atoms. The van der Waals surface area contributed by atoms with E-state index in [2.05, 4.69) is 254 Å². The topological polar surface area (TPSA) is 64.5 Å². The number of rotatable bonds is 9. The van der Waals surface area contributed by atoms with Crippen molar-refractivity contribution in [1.29, 1.82) is 0 Å². The fourth-order valence-corrected chi connectivity index (χ4v) is 12.6. The number of nitrogens with zero attached hydrogens (tertiary/aromatic N) is 5. The molecular formula is C79H49N5. The predicted molar refractivity (Wildman–Crippen MR) is 349 cm³/mol. The van der Waals surface area contributed by atoms with E-state index in [4.69, 9.17) is 19.9 Å². The van der Waals surface area contributed by atoms with Gasteiger partial charge in [-0.3, -0.25) is 0 Å². The molecule has 14 aromatic carbocycles. The van der Waals surface area contributed by atoms with Crippen LogP contribution >= 0.6 is 0 Å². The highest BCUT2D eigenvalue weighted by atomic mass is 15.0. The molecule has 0 saturated heterocycles. The molecule has 2 aromatic heterocycles. The Kier molecular flexibility index (Phi) is 11.8. The van der Waals surface area contributed by atoms with Gasteiger partial charge in [0.1, 0.15) is 6.33 Å². The van der Waals surface area contributed by atoms with E-state index in [1.807, 2.05) is 42.6 Å². The lowest BCUT2D eigenvalue weighted by atomic mass is 9.90. The van der Waals surface area contributed by atoms with Gasteiger partial charge in [-0.1, -0.05) is 255 Å². The van der Waals surface area contributed by atoms with Crippen LogP contribution in [0.4, 0.5) is 0 Å². The second kappa shape index (κ2) is 20.4. The third kappa shape index (κ3) is 8.54. The molecule has 0 N–H and O–H groups in total. The van der Waals surface area contributed by atoms with Crippen LogP contribution in [0.25, 0.3) is 166 Å². The van der Waals surface area contributed by atoms with E-state index in [1.54, 1.807) is 6.33 Å². The van der Waals surface area contributed by atoms with Crippen LogP contribution in [0.3, 0.4) is 0 Å². The van der Waals surface area contributed by atoms with Gasteiger partial charge in [0.05, 0.1) is 5.69 Å². The van der Waals surface area contributed by atoms with E-state index < -0.39 is 0 Å². The molecule has 0 aliphatic carbocycles. The van der Waals surface area contributed by atoms with Crippen LogP contribution < -0.4 is 0 Å². The van der Waals surface area contributed by atoms with Crippen molar-refractivity contribution in [1.82, 2.24) is 24.9 Å². The first-order chi connectivity index (χ1) is 41.6. The molecule has 0 aliphatic heterocycles. The Hall–Kier alpha value is -11.3. The Bertz CT molecular complexity index is 5210. The SMILES string of the molecule is c1ccc(-c2nccc(-c3ccccc3-c3ccc(-c4ccc5c(c4)c4ccccc4c4ccc(-c6cccc(-c7ncnc(-c8ccccc8-c8ccc(-c9ccc%10c%11ccccc%11c%11ccccc%11c%10c9)cc8)n7)c6)cc45)cc3)n2)cc1. The van der Waals surface area contributed by atoms with E-state index in [0.29, 0.717) is 17.5 Å². The van der Waals surface area contributed by atoms with Crippen LogP contribution in [0.1, 0.15) is 0 Å². The zero-order valence-corrected chi connectivity index (χ0v) is 45.5.